The third-order valence-electron chi connectivity index (χ3n) is 2.54. The fourth-order valence-electron chi connectivity index (χ4n) is 1.72. The molecule has 0 aliphatic rings. The van der Waals surface area contributed by atoms with E-state index in [4.69, 9.17) is 9.84 Å². The van der Waals surface area contributed by atoms with E-state index in [9.17, 15) is 9.90 Å². The molecule has 5 nitrogen and oxygen atoms in total. The molecule has 18 heavy (non-hydrogen) atoms. The van der Waals surface area contributed by atoms with Crippen molar-refractivity contribution in [3.8, 4) is 5.75 Å². The maximum atomic E-state index is 11.0. The van der Waals surface area contributed by atoms with Crippen LogP contribution in [-0.4, -0.2) is 29.8 Å². The molecule has 0 radical (unpaired) electrons. The van der Waals surface area contributed by atoms with E-state index in [0.29, 0.717) is 29.8 Å². The van der Waals surface area contributed by atoms with Crippen molar-refractivity contribution < 1.29 is 19.7 Å². The van der Waals surface area contributed by atoms with Gasteiger partial charge in [-0.3, -0.25) is 4.79 Å². The Kier molecular flexibility index (Phi) is 5.61. The van der Waals surface area contributed by atoms with Crippen LogP contribution >= 0.6 is 0 Å². The lowest BCUT2D eigenvalue weighted by Gasteiger charge is -2.16. The largest absolute Gasteiger partial charge is 0.496 e. The summed E-state index contributed by atoms with van der Waals surface area (Å²) in [4.78, 5) is 11.0. The maximum absolute atomic E-state index is 11.0. The summed E-state index contributed by atoms with van der Waals surface area (Å²) < 4.78 is 5.17. The van der Waals surface area contributed by atoms with Crippen molar-refractivity contribution in [1.29, 1.82) is 0 Å². The van der Waals surface area contributed by atoms with Gasteiger partial charge in [0.05, 0.1) is 13.2 Å². The average Bonchev–Trinajstić information content (AvgIpc) is 2.35. The summed E-state index contributed by atoms with van der Waals surface area (Å²) >= 11 is 0. The van der Waals surface area contributed by atoms with Gasteiger partial charge in [-0.1, -0.05) is 0 Å². The van der Waals surface area contributed by atoms with Gasteiger partial charge in [0.25, 0.3) is 0 Å². The standard InChI is InChI=1S/C13H19NO4/c1-9(16)14-10-5-6-13(18-2)11(8-10)12(17)4-3-7-15/h5-6,8,12,15,17H,3-4,7H2,1-2H3,(H,14,16). The molecular weight excluding hydrogens is 234 g/mol. The molecule has 1 rings (SSSR count). The number of methoxy groups -OCH3 is 1. The number of hydrogen-bond donors (Lipinski definition) is 3. The van der Waals surface area contributed by atoms with Crippen molar-refractivity contribution in [2.75, 3.05) is 19.0 Å². The van der Waals surface area contributed by atoms with E-state index >= 15 is 0 Å². The molecule has 1 aromatic carbocycles. The number of aliphatic hydroxyl groups is 2. The molecular formula is C13H19NO4. The highest BCUT2D eigenvalue weighted by Gasteiger charge is 2.14. The normalized spacial score (nSPS) is 12.0. The van der Waals surface area contributed by atoms with Crippen molar-refractivity contribution in [1.82, 2.24) is 0 Å². The second-order valence-corrected chi connectivity index (χ2v) is 4.02. The van der Waals surface area contributed by atoms with E-state index in [1.54, 1.807) is 18.2 Å². The molecule has 0 heterocycles. The summed E-state index contributed by atoms with van der Waals surface area (Å²) in [6, 6.07) is 5.09. The van der Waals surface area contributed by atoms with Crippen LogP contribution in [0.1, 0.15) is 31.4 Å². The SMILES string of the molecule is COc1ccc(NC(C)=O)cc1C(O)CCCO. The quantitative estimate of drug-likeness (QED) is 0.717. The van der Waals surface area contributed by atoms with E-state index in [-0.39, 0.29) is 12.5 Å². The second kappa shape index (κ2) is 6.98. The fourth-order valence-corrected chi connectivity index (χ4v) is 1.72. The Hall–Kier alpha value is -1.59. The first-order valence-corrected chi connectivity index (χ1v) is 5.83. The summed E-state index contributed by atoms with van der Waals surface area (Å²) in [6.45, 7) is 1.46. The maximum Gasteiger partial charge on any atom is 0.221 e. The summed E-state index contributed by atoms with van der Waals surface area (Å²) in [7, 11) is 1.52. The van der Waals surface area contributed by atoms with E-state index in [1.807, 2.05) is 0 Å². The molecule has 1 unspecified atom stereocenters. The lowest BCUT2D eigenvalue weighted by atomic mass is 10.0. The van der Waals surface area contributed by atoms with E-state index in [2.05, 4.69) is 5.32 Å². The lowest BCUT2D eigenvalue weighted by Crippen LogP contribution is -2.08. The minimum atomic E-state index is -0.721. The number of amides is 1. The number of anilines is 1. The zero-order valence-electron chi connectivity index (χ0n) is 10.6. The van der Waals surface area contributed by atoms with Crippen molar-refractivity contribution in [2.45, 2.75) is 25.9 Å². The van der Waals surface area contributed by atoms with Crippen molar-refractivity contribution in [3.63, 3.8) is 0 Å². The molecule has 0 spiro atoms. The lowest BCUT2D eigenvalue weighted by molar-refractivity contribution is -0.114. The monoisotopic (exact) mass is 253 g/mol. The second-order valence-electron chi connectivity index (χ2n) is 4.02. The number of benzene rings is 1. The van der Waals surface area contributed by atoms with Gasteiger partial charge in [-0.15, -0.1) is 0 Å². The minimum absolute atomic E-state index is 0.0325. The molecule has 0 aliphatic heterocycles. The molecule has 1 amide bonds. The highest BCUT2D eigenvalue weighted by atomic mass is 16.5. The summed E-state index contributed by atoms with van der Waals surface area (Å²) in [5.74, 6) is 0.394. The highest BCUT2D eigenvalue weighted by molar-refractivity contribution is 5.88. The Morgan fingerprint density at radius 2 is 2.22 bits per heavy atom. The molecule has 0 bridgehead atoms. The molecule has 0 saturated carbocycles. The first-order valence-electron chi connectivity index (χ1n) is 5.83. The van der Waals surface area contributed by atoms with E-state index in [0.717, 1.165) is 0 Å². The predicted octanol–water partition coefficient (Wildman–Crippen LogP) is 1.46. The fraction of sp³-hybridized carbons (Fsp3) is 0.462. The smallest absolute Gasteiger partial charge is 0.221 e. The minimum Gasteiger partial charge on any atom is -0.496 e. The highest BCUT2D eigenvalue weighted by Crippen LogP contribution is 2.30. The summed E-state index contributed by atoms with van der Waals surface area (Å²) in [5.41, 5.74) is 1.22. The first kappa shape index (κ1) is 14.5. The van der Waals surface area contributed by atoms with Crippen LogP contribution in [0, 0.1) is 0 Å². The number of carbonyl (C=O) groups is 1. The molecule has 3 N–H and O–H groups in total. The van der Waals surface area contributed by atoms with Gasteiger partial charge in [0.1, 0.15) is 5.75 Å². The molecule has 0 saturated heterocycles. The number of aliphatic hydroxyl groups excluding tert-OH is 2. The Balaban J connectivity index is 2.93. The van der Waals surface area contributed by atoms with Crippen LogP contribution in [-0.2, 0) is 4.79 Å². The zero-order valence-corrected chi connectivity index (χ0v) is 10.6. The van der Waals surface area contributed by atoms with Crippen LogP contribution in [0.5, 0.6) is 5.75 Å². The number of ether oxygens (including phenoxy) is 1. The molecule has 0 aliphatic carbocycles. The molecule has 1 atom stereocenters. The molecule has 5 heteroatoms. The van der Waals surface area contributed by atoms with E-state index < -0.39 is 6.10 Å². The van der Waals surface area contributed by atoms with Gasteiger partial charge in [-0.2, -0.15) is 0 Å². The first-order chi connectivity index (χ1) is 8.58. The van der Waals surface area contributed by atoms with Crippen molar-refractivity contribution in [2.24, 2.45) is 0 Å². The predicted molar refractivity (Wildman–Crippen MR) is 68.6 cm³/mol. The van der Waals surface area contributed by atoms with Crippen LogP contribution in [0.25, 0.3) is 0 Å². The summed E-state index contributed by atoms with van der Waals surface area (Å²) in [6.07, 6.45) is 0.228. The third kappa shape index (κ3) is 4.01. The number of nitrogens with one attached hydrogen (secondary N) is 1. The number of hydrogen-bond acceptors (Lipinski definition) is 4. The average molecular weight is 253 g/mol. The van der Waals surface area contributed by atoms with Crippen LogP contribution in [0.15, 0.2) is 18.2 Å². The van der Waals surface area contributed by atoms with Crippen molar-refractivity contribution in [3.05, 3.63) is 23.8 Å². The van der Waals surface area contributed by atoms with Gasteiger partial charge in [-0.05, 0) is 31.0 Å². The number of rotatable bonds is 6. The Morgan fingerprint density at radius 3 is 2.78 bits per heavy atom. The van der Waals surface area contributed by atoms with Gasteiger partial charge in [0.15, 0.2) is 0 Å². The van der Waals surface area contributed by atoms with Gasteiger partial charge >= 0.3 is 0 Å². The molecule has 0 fully saturated rings. The van der Waals surface area contributed by atoms with Gasteiger partial charge in [-0.25, -0.2) is 0 Å². The van der Waals surface area contributed by atoms with Gasteiger partial charge in [0.2, 0.25) is 5.91 Å². The van der Waals surface area contributed by atoms with Gasteiger partial charge < -0.3 is 20.3 Å². The Bertz CT molecular complexity index is 406. The van der Waals surface area contributed by atoms with Crippen LogP contribution < -0.4 is 10.1 Å². The topological polar surface area (TPSA) is 78.8 Å². The number of carbonyl (C=O) groups excluding carboxylic acids is 1. The molecule has 1 aromatic rings. The van der Waals surface area contributed by atoms with Crippen molar-refractivity contribution >= 4 is 11.6 Å². The summed E-state index contributed by atoms with van der Waals surface area (Å²) in [5, 5.41) is 21.4. The zero-order chi connectivity index (χ0) is 13.5. The Labute approximate surface area is 106 Å². The molecule has 0 aromatic heterocycles. The van der Waals surface area contributed by atoms with Crippen LogP contribution in [0.3, 0.4) is 0 Å². The molecule has 100 valence electrons. The van der Waals surface area contributed by atoms with Crippen LogP contribution in [0.4, 0.5) is 5.69 Å². The third-order valence-corrected chi connectivity index (χ3v) is 2.54. The van der Waals surface area contributed by atoms with Crippen LogP contribution in [0.2, 0.25) is 0 Å². The Morgan fingerprint density at radius 1 is 1.50 bits per heavy atom. The van der Waals surface area contributed by atoms with E-state index in [1.165, 1.54) is 14.0 Å². The van der Waals surface area contributed by atoms with Gasteiger partial charge in [0, 0.05) is 24.8 Å².